The summed E-state index contributed by atoms with van der Waals surface area (Å²) >= 11 is 0. The van der Waals surface area contributed by atoms with Crippen molar-refractivity contribution in [3.8, 4) is 0 Å². The van der Waals surface area contributed by atoms with E-state index in [0.29, 0.717) is 6.54 Å². The number of nitrogens with zero attached hydrogens (tertiary/aromatic N) is 2. The van der Waals surface area contributed by atoms with Gasteiger partial charge in [0, 0.05) is 12.1 Å². The van der Waals surface area contributed by atoms with Gasteiger partial charge in [-0.25, -0.2) is 0 Å². The van der Waals surface area contributed by atoms with Crippen molar-refractivity contribution in [1.29, 1.82) is 0 Å². The molecule has 0 spiro atoms. The zero-order valence-corrected chi connectivity index (χ0v) is 12.5. The number of para-hydroxylation sites is 1. The van der Waals surface area contributed by atoms with Crippen molar-refractivity contribution in [2.45, 2.75) is 25.4 Å². The Kier molecular flexibility index (Phi) is 4.70. The van der Waals surface area contributed by atoms with Gasteiger partial charge < -0.3 is 20.2 Å². The summed E-state index contributed by atoms with van der Waals surface area (Å²) in [6, 6.07) is 7.34. The number of oxime groups is 1. The molecule has 1 saturated heterocycles. The number of aliphatic hydroxyl groups excluding tert-OH is 1. The van der Waals surface area contributed by atoms with E-state index in [1.54, 1.807) is 0 Å². The van der Waals surface area contributed by atoms with Gasteiger partial charge in [-0.3, -0.25) is 4.79 Å². The standard InChI is InChI=1S/C16H21N3O3/c20-12(10-19-8-4-1-5-9-19)11-22-18-15-13-6-2-3-7-14(13)17-16(15)21/h2-3,6-7,12,20H,1,4-5,8-11H2,(H,17,18,21). The predicted octanol–water partition coefficient (Wildman–Crippen LogP) is 1.21. The lowest BCUT2D eigenvalue weighted by molar-refractivity contribution is -0.110. The van der Waals surface area contributed by atoms with Crippen LogP contribution < -0.4 is 5.32 Å². The highest BCUT2D eigenvalue weighted by atomic mass is 16.6. The molecule has 0 radical (unpaired) electrons. The molecule has 22 heavy (non-hydrogen) atoms. The minimum Gasteiger partial charge on any atom is -0.392 e. The molecule has 3 rings (SSSR count). The summed E-state index contributed by atoms with van der Waals surface area (Å²) in [5.74, 6) is -0.272. The number of carbonyl (C=O) groups is 1. The van der Waals surface area contributed by atoms with Crippen LogP contribution in [-0.2, 0) is 9.63 Å². The number of anilines is 1. The van der Waals surface area contributed by atoms with E-state index in [0.717, 1.165) is 24.3 Å². The fourth-order valence-corrected chi connectivity index (χ4v) is 2.87. The Morgan fingerprint density at radius 2 is 2.05 bits per heavy atom. The SMILES string of the molecule is O=C1Nc2ccccc2C1=NOCC(O)CN1CCCCC1. The molecular weight excluding hydrogens is 282 g/mol. The molecule has 0 aliphatic carbocycles. The molecule has 0 saturated carbocycles. The van der Waals surface area contributed by atoms with Gasteiger partial charge in [-0.05, 0) is 32.0 Å². The maximum absolute atomic E-state index is 11.8. The Morgan fingerprint density at radius 3 is 2.86 bits per heavy atom. The van der Waals surface area contributed by atoms with Crippen LogP contribution in [0, 0.1) is 0 Å². The van der Waals surface area contributed by atoms with E-state index in [9.17, 15) is 9.90 Å². The Bertz CT molecular complexity index is 568. The van der Waals surface area contributed by atoms with Crippen LogP contribution in [0.15, 0.2) is 29.4 Å². The Labute approximate surface area is 129 Å². The highest BCUT2D eigenvalue weighted by Crippen LogP contribution is 2.22. The molecule has 0 aromatic heterocycles. The van der Waals surface area contributed by atoms with Crippen molar-refractivity contribution < 1.29 is 14.7 Å². The maximum Gasteiger partial charge on any atom is 0.278 e. The minimum absolute atomic E-state index is 0.0927. The van der Waals surface area contributed by atoms with Gasteiger partial charge >= 0.3 is 0 Å². The third-order valence-corrected chi connectivity index (χ3v) is 3.99. The highest BCUT2D eigenvalue weighted by Gasteiger charge is 2.26. The van der Waals surface area contributed by atoms with Crippen molar-refractivity contribution in [3.05, 3.63) is 29.8 Å². The van der Waals surface area contributed by atoms with Crippen LogP contribution in [0.2, 0.25) is 0 Å². The first kappa shape index (κ1) is 15.0. The Balaban J connectivity index is 1.52. The van der Waals surface area contributed by atoms with Gasteiger partial charge in [0.15, 0.2) is 5.71 Å². The summed E-state index contributed by atoms with van der Waals surface area (Å²) < 4.78 is 0. The number of hydrogen-bond acceptors (Lipinski definition) is 5. The normalized spacial score (nSPS) is 21.5. The third kappa shape index (κ3) is 3.45. The van der Waals surface area contributed by atoms with E-state index in [-0.39, 0.29) is 18.2 Å². The van der Waals surface area contributed by atoms with E-state index in [1.165, 1.54) is 19.3 Å². The van der Waals surface area contributed by atoms with Crippen LogP contribution in [0.3, 0.4) is 0 Å². The second kappa shape index (κ2) is 6.89. The van der Waals surface area contributed by atoms with Gasteiger partial charge in [-0.2, -0.15) is 0 Å². The van der Waals surface area contributed by atoms with Crippen molar-refractivity contribution in [1.82, 2.24) is 4.90 Å². The minimum atomic E-state index is -0.595. The molecule has 1 aromatic carbocycles. The number of aliphatic hydroxyl groups is 1. The number of likely N-dealkylation sites (tertiary alicyclic amines) is 1. The molecular formula is C16H21N3O3. The lowest BCUT2D eigenvalue weighted by Gasteiger charge is -2.27. The molecule has 2 N–H and O–H groups in total. The molecule has 6 nitrogen and oxygen atoms in total. The summed E-state index contributed by atoms with van der Waals surface area (Å²) in [5, 5.41) is 16.6. The summed E-state index contributed by atoms with van der Waals surface area (Å²) in [5.41, 5.74) is 1.74. The summed E-state index contributed by atoms with van der Waals surface area (Å²) in [6.07, 6.45) is 3.05. The monoisotopic (exact) mass is 303 g/mol. The predicted molar refractivity (Wildman–Crippen MR) is 83.9 cm³/mol. The van der Waals surface area contributed by atoms with E-state index in [4.69, 9.17) is 4.84 Å². The van der Waals surface area contributed by atoms with E-state index in [1.807, 2.05) is 24.3 Å². The molecule has 2 heterocycles. The van der Waals surface area contributed by atoms with Gasteiger partial charge in [0.05, 0.1) is 5.69 Å². The largest absolute Gasteiger partial charge is 0.392 e. The summed E-state index contributed by atoms with van der Waals surface area (Å²) in [6.45, 7) is 2.74. The van der Waals surface area contributed by atoms with Crippen molar-refractivity contribution in [2.75, 3.05) is 31.6 Å². The Hall–Kier alpha value is -1.92. The molecule has 6 heteroatoms. The number of amides is 1. The lowest BCUT2D eigenvalue weighted by atomic mass is 10.1. The van der Waals surface area contributed by atoms with Crippen molar-refractivity contribution in [2.24, 2.45) is 5.16 Å². The molecule has 1 aromatic rings. The zero-order chi connectivity index (χ0) is 15.4. The van der Waals surface area contributed by atoms with Gasteiger partial charge in [-0.15, -0.1) is 0 Å². The van der Waals surface area contributed by atoms with Crippen molar-refractivity contribution >= 4 is 17.3 Å². The first-order valence-corrected chi connectivity index (χ1v) is 7.75. The summed E-state index contributed by atoms with van der Waals surface area (Å²) in [4.78, 5) is 19.3. The van der Waals surface area contributed by atoms with E-state index >= 15 is 0 Å². The number of rotatable bonds is 5. The number of hydrogen-bond donors (Lipinski definition) is 2. The fraction of sp³-hybridized carbons (Fsp3) is 0.500. The molecule has 1 fully saturated rings. The quantitative estimate of drug-likeness (QED) is 0.802. The molecule has 2 aliphatic rings. The maximum atomic E-state index is 11.8. The van der Waals surface area contributed by atoms with Gasteiger partial charge in [0.25, 0.3) is 5.91 Å². The lowest BCUT2D eigenvalue weighted by Crippen LogP contribution is -2.38. The molecule has 2 aliphatic heterocycles. The number of piperidine rings is 1. The van der Waals surface area contributed by atoms with Crippen LogP contribution in [0.5, 0.6) is 0 Å². The number of benzene rings is 1. The second-order valence-corrected chi connectivity index (χ2v) is 5.75. The number of nitrogens with one attached hydrogen (secondary N) is 1. The highest BCUT2D eigenvalue weighted by molar-refractivity contribution is 6.53. The zero-order valence-electron chi connectivity index (χ0n) is 12.5. The average Bonchev–Trinajstić information content (AvgIpc) is 2.84. The van der Waals surface area contributed by atoms with Crippen LogP contribution in [-0.4, -0.2) is 54.0 Å². The molecule has 1 unspecified atom stereocenters. The average molecular weight is 303 g/mol. The molecule has 0 bridgehead atoms. The summed E-state index contributed by atoms with van der Waals surface area (Å²) in [7, 11) is 0. The third-order valence-electron chi connectivity index (χ3n) is 3.99. The Morgan fingerprint density at radius 1 is 1.27 bits per heavy atom. The topological polar surface area (TPSA) is 74.2 Å². The molecule has 1 atom stereocenters. The van der Waals surface area contributed by atoms with Crippen LogP contribution in [0.4, 0.5) is 5.69 Å². The molecule has 1 amide bonds. The molecule has 118 valence electrons. The van der Waals surface area contributed by atoms with E-state index < -0.39 is 6.10 Å². The second-order valence-electron chi connectivity index (χ2n) is 5.75. The number of carbonyl (C=O) groups excluding carboxylic acids is 1. The first-order valence-electron chi connectivity index (χ1n) is 7.75. The van der Waals surface area contributed by atoms with Gasteiger partial charge in [-0.1, -0.05) is 29.8 Å². The van der Waals surface area contributed by atoms with Gasteiger partial charge in [0.2, 0.25) is 0 Å². The van der Waals surface area contributed by atoms with Crippen LogP contribution in [0.25, 0.3) is 0 Å². The smallest absolute Gasteiger partial charge is 0.278 e. The fourth-order valence-electron chi connectivity index (χ4n) is 2.87. The van der Waals surface area contributed by atoms with E-state index in [2.05, 4.69) is 15.4 Å². The first-order chi connectivity index (χ1) is 10.7. The van der Waals surface area contributed by atoms with Crippen LogP contribution >= 0.6 is 0 Å². The van der Waals surface area contributed by atoms with Crippen molar-refractivity contribution in [3.63, 3.8) is 0 Å². The number of β-amino-alcohol motifs (C(OH)–C–C–N with tert-alkyl or cyclic N) is 1. The van der Waals surface area contributed by atoms with Crippen LogP contribution in [0.1, 0.15) is 24.8 Å². The van der Waals surface area contributed by atoms with Gasteiger partial charge in [0.1, 0.15) is 12.7 Å². The number of fused-ring (bicyclic) bond motifs is 1.